The van der Waals surface area contributed by atoms with E-state index in [9.17, 15) is 4.79 Å². The van der Waals surface area contributed by atoms with Gasteiger partial charge >= 0.3 is 0 Å². The first-order valence-corrected chi connectivity index (χ1v) is 11.0. The highest BCUT2D eigenvalue weighted by atomic mass is 35.5. The number of benzene rings is 2. The lowest BCUT2D eigenvalue weighted by molar-refractivity contribution is -0.135. The van der Waals surface area contributed by atoms with E-state index >= 15 is 0 Å². The highest BCUT2D eigenvalue weighted by Crippen LogP contribution is 2.25. The zero-order chi connectivity index (χ0) is 21.7. The van der Waals surface area contributed by atoms with Crippen molar-refractivity contribution in [3.05, 3.63) is 63.6 Å². The summed E-state index contributed by atoms with van der Waals surface area (Å²) in [7, 11) is 0. The molecule has 1 atom stereocenters. The Bertz CT molecular complexity index is 856. The average molecular weight is 450 g/mol. The number of ether oxygens (including phenoxy) is 2. The van der Waals surface area contributed by atoms with Crippen LogP contribution in [0.5, 0.6) is 5.75 Å². The molecule has 0 radical (unpaired) electrons. The maximum absolute atomic E-state index is 13.0. The Morgan fingerprint density at radius 3 is 2.50 bits per heavy atom. The van der Waals surface area contributed by atoms with Gasteiger partial charge in [0.2, 0.25) is 0 Å². The van der Waals surface area contributed by atoms with Crippen LogP contribution in [0.25, 0.3) is 0 Å². The fraction of sp³-hybridized carbons (Fsp3) is 0.458. The molecule has 2 aromatic rings. The molecule has 0 aromatic heterocycles. The van der Waals surface area contributed by atoms with Crippen LogP contribution in [0, 0.1) is 0 Å². The van der Waals surface area contributed by atoms with Crippen LogP contribution < -0.4 is 4.74 Å². The van der Waals surface area contributed by atoms with Gasteiger partial charge in [-0.2, -0.15) is 0 Å². The van der Waals surface area contributed by atoms with Gasteiger partial charge in [0.15, 0.2) is 6.61 Å². The molecule has 0 saturated carbocycles. The number of halogens is 2. The second kappa shape index (κ2) is 10.0. The molecule has 6 heteroatoms. The molecule has 0 aliphatic carbocycles. The molecule has 4 nitrogen and oxygen atoms in total. The van der Waals surface area contributed by atoms with Gasteiger partial charge in [0.1, 0.15) is 5.75 Å². The minimum atomic E-state index is -0.101. The zero-order valence-electron chi connectivity index (χ0n) is 17.8. The van der Waals surface area contributed by atoms with Crippen molar-refractivity contribution in [3.63, 3.8) is 0 Å². The van der Waals surface area contributed by atoms with E-state index in [0.29, 0.717) is 28.9 Å². The Morgan fingerprint density at radius 1 is 1.17 bits per heavy atom. The van der Waals surface area contributed by atoms with E-state index in [2.05, 4.69) is 20.8 Å². The summed E-state index contributed by atoms with van der Waals surface area (Å²) in [6.45, 7) is 8.11. The van der Waals surface area contributed by atoms with Crippen molar-refractivity contribution in [2.75, 3.05) is 19.8 Å². The number of carbonyl (C=O) groups is 1. The molecule has 30 heavy (non-hydrogen) atoms. The molecule has 0 bridgehead atoms. The van der Waals surface area contributed by atoms with E-state index in [4.69, 9.17) is 32.7 Å². The van der Waals surface area contributed by atoms with Crippen LogP contribution in [-0.2, 0) is 21.5 Å². The van der Waals surface area contributed by atoms with Crippen LogP contribution >= 0.6 is 23.2 Å². The second-order valence-electron chi connectivity index (χ2n) is 8.71. The molecule has 1 aliphatic rings. The first kappa shape index (κ1) is 22.9. The van der Waals surface area contributed by atoms with Crippen molar-refractivity contribution in [1.82, 2.24) is 4.90 Å². The first-order valence-electron chi connectivity index (χ1n) is 10.3. The lowest BCUT2D eigenvalue weighted by Gasteiger charge is -2.26. The molecular weight excluding hydrogens is 421 g/mol. The Morgan fingerprint density at radius 2 is 1.90 bits per heavy atom. The highest BCUT2D eigenvalue weighted by Gasteiger charge is 2.24. The third kappa shape index (κ3) is 6.37. The fourth-order valence-electron chi connectivity index (χ4n) is 3.43. The summed E-state index contributed by atoms with van der Waals surface area (Å²) >= 11 is 12.3. The van der Waals surface area contributed by atoms with Crippen molar-refractivity contribution in [1.29, 1.82) is 0 Å². The normalized spacial score (nSPS) is 16.5. The maximum Gasteiger partial charge on any atom is 0.260 e. The highest BCUT2D eigenvalue weighted by molar-refractivity contribution is 6.35. The smallest absolute Gasteiger partial charge is 0.260 e. The molecule has 1 saturated heterocycles. The summed E-state index contributed by atoms with van der Waals surface area (Å²) in [6.07, 6.45) is 2.02. The summed E-state index contributed by atoms with van der Waals surface area (Å²) < 4.78 is 11.5. The van der Waals surface area contributed by atoms with Gasteiger partial charge in [-0.15, -0.1) is 0 Å². The van der Waals surface area contributed by atoms with Gasteiger partial charge in [0.25, 0.3) is 5.91 Å². The predicted octanol–water partition coefficient (Wildman–Crippen LogP) is 5.88. The number of nitrogens with zero attached hydrogens (tertiary/aromatic N) is 1. The summed E-state index contributed by atoms with van der Waals surface area (Å²) in [6, 6.07) is 13.2. The van der Waals surface area contributed by atoms with Crippen LogP contribution in [0.4, 0.5) is 0 Å². The van der Waals surface area contributed by atoms with Crippen molar-refractivity contribution >= 4 is 29.1 Å². The Balaban J connectivity index is 1.66. The third-order valence-corrected chi connectivity index (χ3v) is 5.85. The van der Waals surface area contributed by atoms with Gasteiger partial charge < -0.3 is 14.4 Å². The van der Waals surface area contributed by atoms with Gasteiger partial charge in [0, 0.05) is 29.7 Å². The topological polar surface area (TPSA) is 38.8 Å². The van der Waals surface area contributed by atoms with E-state index in [1.807, 2.05) is 30.3 Å². The zero-order valence-corrected chi connectivity index (χ0v) is 19.3. The molecular formula is C24H29Cl2NO3. The standard InChI is InChI=1S/C24H29Cl2NO3/c1-24(2,3)18-7-10-20(11-8-18)30-16-23(28)27(15-21-5-4-12-29-21)14-17-6-9-19(25)13-22(17)26/h6-11,13,21H,4-5,12,14-16H2,1-3H3/t21-/m1/s1. The van der Waals surface area contributed by atoms with Crippen LogP contribution in [-0.4, -0.2) is 36.7 Å². The molecule has 1 aliphatic heterocycles. The van der Waals surface area contributed by atoms with Gasteiger partial charge in [-0.25, -0.2) is 0 Å². The van der Waals surface area contributed by atoms with Crippen molar-refractivity contribution in [2.45, 2.75) is 51.7 Å². The summed E-state index contributed by atoms with van der Waals surface area (Å²) in [4.78, 5) is 14.7. The molecule has 3 rings (SSSR count). The first-order chi connectivity index (χ1) is 14.2. The van der Waals surface area contributed by atoms with Crippen molar-refractivity contribution in [2.24, 2.45) is 0 Å². The van der Waals surface area contributed by atoms with Crippen molar-refractivity contribution < 1.29 is 14.3 Å². The van der Waals surface area contributed by atoms with Crippen molar-refractivity contribution in [3.8, 4) is 5.75 Å². The van der Waals surface area contributed by atoms with Gasteiger partial charge in [-0.1, -0.05) is 62.2 Å². The monoisotopic (exact) mass is 449 g/mol. The number of carbonyl (C=O) groups excluding carboxylic acids is 1. The van der Waals surface area contributed by atoms with Gasteiger partial charge in [0.05, 0.1) is 6.10 Å². The average Bonchev–Trinajstić information content (AvgIpc) is 3.20. The Labute approximate surface area is 189 Å². The molecule has 162 valence electrons. The summed E-state index contributed by atoms with van der Waals surface area (Å²) in [5.41, 5.74) is 2.14. The molecule has 0 N–H and O–H groups in total. The van der Waals surface area contributed by atoms with E-state index in [1.54, 1.807) is 17.0 Å². The van der Waals surface area contributed by atoms with Gasteiger partial charge in [-0.3, -0.25) is 4.79 Å². The van der Waals surface area contributed by atoms with Crippen LogP contribution in [0.2, 0.25) is 10.0 Å². The molecule has 2 aromatic carbocycles. The number of amides is 1. The quantitative estimate of drug-likeness (QED) is 0.529. The molecule has 0 unspecified atom stereocenters. The van der Waals surface area contributed by atoms with Gasteiger partial charge in [-0.05, 0) is 53.6 Å². The van der Waals surface area contributed by atoms with Crippen LogP contribution in [0.15, 0.2) is 42.5 Å². The van der Waals surface area contributed by atoms with E-state index in [1.165, 1.54) is 5.56 Å². The van der Waals surface area contributed by atoms with E-state index < -0.39 is 0 Å². The van der Waals surface area contributed by atoms with Crippen LogP contribution in [0.1, 0.15) is 44.7 Å². The Kier molecular flexibility index (Phi) is 7.67. The lowest BCUT2D eigenvalue weighted by atomic mass is 9.87. The molecule has 1 fully saturated rings. The maximum atomic E-state index is 13.0. The van der Waals surface area contributed by atoms with E-state index in [-0.39, 0.29) is 24.0 Å². The predicted molar refractivity (Wildman–Crippen MR) is 121 cm³/mol. The second-order valence-corrected chi connectivity index (χ2v) is 9.55. The van der Waals surface area contributed by atoms with Crippen LogP contribution in [0.3, 0.4) is 0 Å². The van der Waals surface area contributed by atoms with E-state index in [0.717, 1.165) is 25.0 Å². The fourth-order valence-corrected chi connectivity index (χ4v) is 3.90. The molecule has 1 heterocycles. The molecule has 0 spiro atoms. The number of hydrogen-bond acceptors (Lipinski definition) is 3. The number of rotatable bonds is 7. The Hall–Kier alpha value is -1.75. The molecule has 1 amide bonds. The number of hydrogen-bond donors (Lipinski definition) is 0. The summed E-state index contributed by atoms with van der Waals surface area (Å²) in [5.74, 6) is 0.578. The summed E-state index contributed by atoms with van der Waals surface area (Å²) in [5, 5.41) is 1.12. The SMILES string of the molecule is CC(C)(C)c1ccc(OCC(=O)N(Cc2ccc(Cl)cc2Cl)C[C@H]2CCCO2)cc1. The third-order valence-electron chi connectivity index (χ3n) is 5.26. The largest absolute Gasteiger partial charge is 0.484 e. The lowest BCUT2D eigenvalue weighted by Crippen LogP contribution is -2.39. The minimum Gasteiger partial charge on any atom is -0.484 e. The minimum absolute atomic E-state index is 0.0349.